The Morgan fingerprint density at radius 3 is 2.75 bits per heavy atom. The molecule has 0 aliphatic rings. The van der Waals surface area contributed by atoms with Gasteiger partial charge in [0.25, 0.3) is 0 Å². The number of halogens is 1. The second kappa shape index (κ2) is 4.56. The molecule has 0 saturated heterocycles. The molecule has 3 nitrogen and oxygen atoms in total. The minimum Gasteiger partial charge on any atom is -0.381 e. The number of nitrogens with zero attached hydrogens (tertiary/aromatic N) is 2. The van der Waals surface area contributed by atoms with Crippen LogP contribution in [0.1, 0.15) is 5.82 Å². The first kappa shape index (κ1) is 8.80. The molecule has 1 rings (SSSR count). The smallest absolute Gasteiger partial charge is 0.159 e. The van der Waals surface area contributed by atoms with Gasteiger partial charge in [0.2, 0.25) is 0 Å². The van der Waals surface area contributed by atoms with Gasteiger partial charge in [-0.25, -0.2) is 14.4 Å². The van der Waals surface area contributed by atoms with Crippen molar-refractivity contribution in [2.24, 2.45) is 0 Å². The van der Waals surface area contributed by atoms with Crippen molar-refractivity contribution in [1.29, 1.82) is 0 Å². The molecule has 0 radical (unpaired) electrons. The SMILES string of the molecule is COCC=Cc1ncc(F)cn1. The average molecular weight is 168 g/mol. The van der Waals surface area contributed by atoms with E-state index in [4.69, 9.17) is 4.74 Å². The van der Waals surface area contributed by atoms with E-state index >= 15 is 0 Å². The zero-order valence-electron chi connectivity index (χ0n) is 6.70. The summed E-state index contributed by atoms with van der Waals surface area (Å²) < 4.78 is 17.1. The van der Waals surface area contributed by atoms with E-state index in [0.717, 1.165) is 12.4 Å². The number of methoxy groups -OCH3 is 1. The maximum absolute atomic E-state index is 12.3. The molecular weight excluding hydrogens is 159 g/mol. The number of hydrogen-bond donors (Lipinski definition) is 0. The number of hydrogen-bond acceptors (Lipinski definition) is 3. The molecule has 1 aromatic rings. The Hall–Kier alpha value is -1.29. The molecule has 0 aliphatic carbocycles. The summed E-state index contributed by atoms with van der Waals surface area (Å²) in [6, 6.07) is 0. The molecule has 4 heteroatoms. The Kier molecular flexibility index (Phi) is 3.35. The highest BCUT2D eigenvalue weighted by molar-refractivity contribution is 5.38. The molecule has 0 unspecified atom stereocenters. The van der Waals surface area contributed by atoms with Crippen LogP contribution in [0, 0.1) is 5.82 Å². The summed E-state index contributed by atoms with van der Waals surface area (Å²) in [4.78, 5) is 7.44. The second-order valence-corrected chi connectivity index (χ2v) is 2.12. The van der Waals surface area contributed by atoms with Gasteiger partial charge < -0.3 is 4.74 Å². The van der Waals surface area contributed by atoms with Crippen LogP contribution in [0.2, 0.25) is 0 Å². The maximum Gasteiger partial charge on any atom is 0.159 e. The molecule has 0 N–H and O–H groups in total. The lowest BCUT2D eigenvalue weighted by Crippen LogP contribution is -1.88. The topological polar surface area (TPSA) is 35.0 Å². The molecule has 0 spiro atoms. The van der Waals surface area contributed by atoms with Crippen molar-refractivity contribution in [1.82, 2.24) is 9.97 Å². The third-order valence-electron chi connectivity index (χ3n) is 1.17. The fourth-order valence-electron chi connectivity index (χ4n) is 0.658. The fraction of sp³-hybridized carbons (Fsp3) is 0.250. The molecular formula is C8H9FN2O. The van der Waals surface area contributed by atoms with Crippen LogP contribution >= 0.6 is 0 Å². The highest BCUT2D eigenvalue weighted by Gasteiger charge is 1.90. The third kappa shape index (κ3) is 2.75. The second-order valence-electron chi connectivity index (χ2n) is 2.12. The van der Waals surface area contributed by atoms with E-state index in [1.54, 1.807) is 19.3 Å². The minimum atomic E-state index is -0.432. The molecule has 12 heavy (non-hydrogen) atoms. The van der Waals surface area contributed by atoms with Crippen molar-refractivity contribution >= 4 is 6.08 Å². The van der Waals surface area contributed by atoms with E-state index in [9.17, 15) is 4.39 Å². The normalized spacial score (nSPS) is 10.8. The van der Waals surface area contributed by atoms with Gasteiger partial charge in [-0.2, -0.15) is 0 Å². The van der Waals surface area contributed by atoms with Crippen LogP contribution in [0.3, 0.4) is 0 Å². The van der Waals surface area contributed by atoms with E-state index < -0.39 is 5.82 Å². The van der Waals surface area contributed by atoms with Gasteiger partial charge in [0.05, 0.1) is 19.0 Å². The van der Waals surface area contributed by atoms with E-state index in [2.05, 4.69) is 9.97 Å². The van der Waals surface area contributed by atoms with E-state index in [1.165, 1.54) is 0 Å². The molecule has 0 atom stereocenters. The first-order chi connectivity index (χ1) is 5.83. The summed E-state index contributed by atoms with van der Waals surface area (Å²) in [5.74, 6) is 0.0485. The molecule has 64 valence electrons. The van der Waals surface area contributed by atoms with Crippen molar-refractivity contribution in [2.75, 3.05) is 13.7 Å². The van der Waals surface area contributed by atoms with Gasteiger partial charge in [0, 0.05) is 7.11 Å². The lowest BCUT2D eigenvalue weighted by Gasteiger charge is -1.90. The maximum atomic E-state index is 12.3. The Morgan fingerprint density at radius 2 is 2.17 bits per heavy atom. The van der Waals surface area contributed by atoms with Crippen molar-refractivity contribution in [3.63, 3.8) is 0 Å². The van der Waals surface area contributed by atoms with Crippen LogP contribution in [0.15, 0.2) is 18.5 Å². The first-order valence-corrected chi connectivity index (χ1v) is 3.46. The van der Waals surface area contributed by atoms with Gasteiger partial charge in [0.1, 0.15) is 0 Å². The third-order valence-corrected chi connectivity index (χ3v) is 1.17. The van der Waals surface area contributed by atoms with Crippen molar-refractivity contribution in [2.45, 2.75) is 0 Å². The predicted octanol–water partition coefficient (Wildman–Crippen LogP) is 1.28. The number of aromatic nitrogens is 2. The molecule has 0 aromatic carbocycles. The largest absolute Gasteiger partial charge is 0.381 e. The molecule has 0 bridgehead atoms. The Balaban J connectivity index is 2.58. The predicted molar refractivity (Wildman–Crippen MR) is 42.9 cm³/mol. The van der Waals surface area contributed by atoms with Crippen LogP contribution in [0.25, 0.3) is 6.08 Å². The standard InChI is InChI=1S/C8H9FN2O/c1-12-4-2-3-8-10-5-7(9)6-11-8/h2-3,5-6H,4H2,1H3. The molecule has 1 aromatic heterocycles. The van der Waals surface area contributed by atoms with Gasteiger partial charge in [-0.3, -0.25) is 0 Å². The zero-order chi connectivity index (χ0) is 8.81. The average Bonchev–Trinajstić information content (AvgIpc) is 2.09. The van der Waals surface area contributed by atoms with Crippen molar-refractivity contribution < 1.29 is 9.13 Å². The highest BCUT2D eigenvalue weighted by atomic mass is 19.1. The Morgan fingerprint density at radius 1 is 1.50 bits per heavy atom. The summed E-state index contributed by atoms with van der Waals surface area (Å²) in [5.41, 5.74) is 0. The van der Waals surface area contributed by atoms with Crippen molar-refractivity contribution in [3.8, 4) is 0 Å². The summed E-state index contributed by atoms with van der Waals surface area (Å²) >= 11 is 0. The van der Waals surface area contributed by atoms with Crippen molar-refractivity contribution in [3.05, 3.63) is 30.1 Å². The van der Waals surface area contributed by atoms with Crippen LogP contribution in [-0.4, -0.2) is 23.7 Å². The van der Waals surface area contributed by atoms with Gasteiger partial charge in [-0.05, 0) is 6.08 Å². The van der Waals surface area contributed by atoms with Crippen LogP contribution < -0.4 is 0 Å². The monoisotopic (exact) mass is 168 g/mol. The Labute approximate surface area is 69.9 Å². The van der Waals surface area contributed by atoms with Gasteiger partial charge in [0.15, 0.2) is 11.6 Å². The van der Waals surface area contributed by atoms with E-state index in [0.29, 0.717) is 12.4 Å². The lowest BCUT2D eigenvalue weighted by molar-refractivity contribution is 0.234. The minimum absolute atomic E-state index is 0.432. The lowest BCUT2D eigenvalue weighted by atomic mass is 10.4. The first-order valence-electron chi connectivity index (χ1n) is 3.46. The Bertz CT molecular complexity index is 258. The van der Waals surface area contributed by atoms with Gasteiger partial charge in [-0.1, -0.05) is 6.08 Å². The van der Waals surface area contributed by atoms with Gasteiger partial charge in [-0.15, -0.1) is 0 Å². The van der Waals surface area contributed by atoms with Crippen LogP contribution in [-0.2, 0) is 4.74 Å². The highest BCUT2D eigenvalue weighted by Crippen LogP contribution is 1.94. The zero-order valence-corrected chi connectivity index (χ0v) is 6.70. The van der Waals surface area contributed by atoms with Crippen LogP contribution in [0.4, 0.5) is 4.39 Å². The van der Waals surface area contributed by atoms with E-state index in [-0.39, 0.29) is 0 Å². The van der Waals surface area contributed by atoms with E-state index in [1.807, 2.05) is 0 Å². The fourth-order valence-corrected chi connectivity index (χ4v) is 0.658. The summed E-state index contributed by atoms with van der Waals surface area (Å²) in [6.45, 7) is 0.501. The molecule has 0 saturated carbocycles. The number of rotatable bonds is 3. The summed E-state index contributed by atoms with van der Waals surface area (Å²) in [5, 5.41) is 0. The van der Waals surface area contributed by atoms with Gasteiger partial charge >= 0.3 is 0 Å². The molecule has 0 aliphatic heterocycles. The van der Waals surface area contributed by atoms with Crippen LogP contribution in [0.5, 0.6) is 0 Å². The quantitative estimate of drug-likeness (QED) is 0.681. The molecule has 1 heterocycles. The molecule has 0 amide bonds. The summed E-state index contributed by atoms with van der Waals surface area (Å²) in [6.07, 6.45) is 5.68. The summed E-state index contributed by atoms with van der Waals surface area (Å²) in [7, 11) is 1.59. The molecule has 0 fully saturated rings. The number of ether oxygens (including phenoxy) is 1.